The number of allylic oxidation sites excluding steroid dienone is 4. The highest BCUT2D eigenvalue weighted by atomic mass is 16.6. The number of primary amides is 1. The number of ketones is 2. The number of aliphatic hydroxyl groups is 1. The number of methoxy groups -OCH3 is 2. The van der Waals surface area contributed by atoms with E-state index in [1.807, 2.05) is 6.92 Å². The molecule has 2 amide bonds. The second-order valence-corrected chi connectivity index (χ2v) is 10.6. The van der Waals surface area contributed by atoms with Crippen LogP contribution in [0.4, 0.5) is 4.79 Å². The molecule has 0 saturated carbocycles. The molecule has 0 aromatic rings. The van der Waals surface area contributed by atoms with Gasteiger partial charge in [-0.3, -0.25) is 14.4 Å². The van der Waals surface area contributed by atoms with Crippen LogP contribution in [-0.2, 0) is 28.6 Å². The second-order valence-electron chi connectivity index (χ2n) is 10.6. The third-order valence-electron chi connectivity index (χ3n) is 7.22. The topological polar surface area (TPSA) is 166 Å². The number of fused-ring (bicyclic) bond motifs is 2. The van der Waals surface area contributed by atoms with Crippen molar-refractivity contribution >= 4 is 23.6 Å². The van der Waals surface area contributed by atoms with Crippen LogP contribution in [0.2, 0.25) is 0 Å². The van der Waals surface area contributed by atoms with Crippen LogP contribution in [-0.4, -0.2) is 73.9 Å². The van der Waals surface area contributed by atoms with Crippen LogP contribution >= 0.6 is 0 Å². The quantitative estimate of drug-likeness (QED) is 0.271. The minimum atomic E-state index is -1.00. The van der Waals surface area contributed by atoms with Gasteiger partial charge < -0.3 is 35.7 Å². The molecule has 11 nitrogen and oxygen atoms in total. The highest BCUT2D eigenvalue weighted by Gasteiger charge is 2.33. The fourth-order valence-corrected chi connectivity index (χ4v) is 4.95. The van der Waals surface area contributed by atoms with Gasteiger partial charge in [-0.15, -0.1) is 6.58 Å². The van der Waals surface area contributed by atoms with Crippen LogP contribution in [0.5, 0.6) is 0 Å². The van der Waals surface area contributed by atoms with Crippen LogP contribution in [0.3, 0.4) is 0 Å². The maximum absolute atomic E-state index is 13.5. The van der Waals surface area contributed by atoms with Crippen molar-refractivity contribution in [2.45, 2.75) is 65.0 Å². The van der Waals surface area contributed by atoms with E-state index in [2.05, 4.69) is 17.2 Å². The standard InChI is InChI=1S/C31H43N3O8/c1-8-12-33-26-21-13-17(2)14-25(41-7)27(36)19(4)15-20(5)29(42-31(32)39)24(40-6)11-9-10-18(3)30(38)34-22(28(21)37)16-23(26)35/h8-11,15-17,19,24-25,27,29,33,36H,1,12-14H2,2-7H3,(H2,32,39)(H,34,38)/b11-9-,18-10-,20-15?/t17-,19+,24+,25+,27-,29?/m1/s1. The molecule has 42 heavy (non-hydrogen) atoms. The number of ether oxygens (including phenoxy) is 3. The summed E-state index contributed by atoms with van der Waals surface area (Å²) in [4.78, 5) is 51.3. The maximum Gasteiger partial charge on any atom is 0.405 e. The fourth-order valence-electron chi connectivity index (χ4n) is 4.95. The summed E-state index contributed by atoms with van der Waals surface area (Å²) in [6, 6.07) is 0. The summed E-state index contributed by atoms with van der Waals surface area (Å²) in [7, 11) is 2.92. The molecule has 1 unspecified atom stereocenters. The first kappa shape index (κ1) is 34.4. The summed E-state index contributed by atoms with van der Waals surface area (Å²) >= 11 is 0. The predicted octanol–water partition coefficient (Wildman–Crippen LogP) is 2.54. The SMILES string of the molecule is C=CCNC1=C2C[C@@H](C)C[C@H](OC)[C@H](O)[C@@H](C)C=C(C)C(OC(N)=O)[C@@H](OC)/C=C\C=C(\C)C(=O)NC(=CC1=O)C2=O. The van der Waals surface area contributed by atoms with E-state index in [1.54, 1.807) is 45.1 Å². The molecule has 0 fully saturated rings. The molecule has 1 aliphatic carbocycles. The van der Waals surface area contributed by atoms with Crippen molar-refractivity contribution in [2.24, 2.45) is 17.6 Å². The molecule has 2 bridgehead atoms. The lowest BCUT2D eigenvalue weighted by molar-refractivity contribution is -0.120. The number of nitrogens with one attached hydrogen (secondary N) is 2. The lowest BCUT2D eigenvalue weighted by Gasteiger charge is -2.30. The molecule has 0 spiro atoms. The Morgan fingerprint density at radius 3 is 2.50 bits per heavy atom. The molecule has 0 aromatic heterocycles. The number of hydrogen-bond acceptors (Lipinski definition) is 9. The van der Waals surface area contributed by atoms with Gasteiger partial charge in [0, 0.05) is 43.9 Å². The minimum absolute atomic E-state index is 0.132. The molecule has 0 saturated heterocycles. The summed E-state index contributed by atoms with van der Waals surface area (Å²) in [5, 5.41) is 16.7. The number of carbonyl (C=O) groups excluding carboxylic acids is 4. The molecule has 0 radical (unpaired) electrons. The van der Waals surface area contributed by atoms with Crippen molar-refractivity contribution in [1.82, 2.24) is 10.6 Å². The third-order valence-corrected chi connectivity index (χ3v) is 7.22. The Hall–Kier alpha value is -3.80. The van der Waals surface area contributed by atoms with Gasteiger partial charge in [0.25, 0.3) is 5.91 Å². The van der Waals surface area contributed by atoms with Crippen LogP contribution in [0, 0.1) is 11.8 Å². The molecule has 2 aliphatic rings. The zero-order valence-electron chi connectivity index (χ0n) is 25.1. The monoisotopic (exact) mass is 585 g/mol. The minimum Gasteiger partial charge on any atom is -0.439 e. The van der Waals surface area contributed by atoms with Crippen molar-refractivity contribution in [3.05, 3.63) is 71.1 Å². The molecule has 1 heterocycles. The summed E-state index contributed by atoms with van der Waals surface area (Å²) in [6.45, 7) is 10.9. The van der Waals surface area contributed by atoms with Crippen molar-refractivity contribution < 1.29 is 38.5 Å². The van der Waals surface area contributed by atoms with Crippen molar-refractivity contribution in [2.75, 3.05) is 20.8 Å². The van der Waals surface area contributed by atoms with E-state index in [4.69, 9.17) is 19.9 Å². The first-order valence-electron chi connectivity index (χ1n) is 13.8. The van der Waals surface area contributed by atoms with Gasteiger partial charge in [-0.2, -0.15) is 0 Å². The zero-order chi connectivity index (χ0) is 31.6. The lowest BCUT2D eigenvalue weighted by Crippen LogP contribution is -2.37. The predicted molar refractivity (Wildman–Crippen MR) is 158 cm³/mol. The number of amides is 2. The highest BCUT2D eigenvalue weighted by molar-refractivity contribution is 6.23. The Labute approximate surface area is 247 Å². The van der Waals surface area contributed by atoms with E-state index < -0.39 is 53.9 Å². The van der Waals surface area contributed by atoms with E-state index in [1.165, 1.54) is 20.3 Å². The van der Waals surface area contributed by atoms with E-state index in [0.717, 1.165) is 6.08 Å². The molecule has 2 rings (SSSR count). The van der Waals surface area contributed by atoms with Gasteiger partial charge in [-0.1, -0.05) is 44.2 Å². The van der Waals surface area contributed by atoms with Crippen LogP contribution in [0.15, 0.2) is 71.1 Å². The number of rotatable bonds is 6. The van der Waals surface area contributed by atoms with E-state index in [-0.39, 0.29) is 41.4 Å². The van der Waals surface area contributed by atoms with Crippen molar-refractivity contribution in [3.63, 3.8) is 0 Å². The highest BCUT2D eigenvalue weighted by Crippen LogP contribution is 2.28. The summed E-state index contributed by atoms with van der Waals surface area (Å²) < 4.78 is 16.6. The van der Waals surface area contributed by atoms with Crippen LogP contribution in [0.1, 0.15) is 40.5 Å². The molecular weight excluding hydrogens is 542 g/mol. The number of Topliss-reactive ketones (excluding diaryl/α,β-unsaturated/α-hetero) is 1. The van der Waals surface area contributed by atoms with Gasteiger partial charge in [-0.05, 0) is 38.2 Å². The maximum atomic E-state index is 13.5. The second kappa shape index (κ2) is 16.0. The normalized spacial score (nSPS) is 30.4. The molecule has 1 aliphatic heterocycles. The number of carbonyl (C=O) groups is 4. The Kier molecular flexibility index (Phi) is 13.1. The van der Waals surface area contributed by atoms with Gasteiger partial charge >= 0.3 is 6.09 Å². The largest absolute Gasteiger partial charge is 0.439 e. The Morgan fingerprint density at radius 1 is 1.21 bits per heavy atom. The smallest absolute Gasteiger partial charge is 0.405 e. The Bertz CT molecular complexity index is 1210. The number of nitrogens with two attached hydrogens (primary N) is 1. The van der Waals surface area contributed by atoms with Gasteiger partial charge in [0.15, 0.2) is 6.10 Å². The van der Waals surface area contributed by atoms with Crippen LogP contribution < -0.4 is 16.4 Å². The molecule has 11 heteroatoms. The van der Waals surface area contributed by atoms with Crippen LogP contribution in [0.25, 0.3) is 0 Å². The molecule has 230 valence electrons. The molecule has 5 N–H and O–H groups in total. The first-order valence-corrected chi connectivity index (χ1v) is 13.8. The Balaban J connectivity index is 2.62. The van der Waals surface area contributed by atoms with E-state index in [0.29, 0.717) is 12.0 Å². The summed E-state index contributed by atoms with van der Waals surface area (Å²) in [5.41, 5.74) is 6.42. The van der Waals surface area contributed by atoms with Gasteiger partial charge in [-0.25, -0.2) is 4.79 Å². The average Bonchev–Trinajstić information content (AvgIpc) is 2.94. The van der Waals surface area contributed by atoms with Crippen molar-refractivity contribution in [1.29, 1.82) is 0 Å². The van der Waals surface area contributed by atoms with Gasteiger partial charge in [0.2, 0.25) is 11.6 Å². The van der Waals surface area contributed by atoms with Gasteiger partial charge in [0.05, 0.1) is 23.6 Å². The van der Waals surface area contributed by atoms with Crippen molar-refractivity contribution in [3.8, 4) is 0 Å². The lowest BCUT2D eigenvalue weighted by atomic mass is 9.85. The van der Waals surface area contributed by atoms with Gasteiger partial charge in [0.1, 0.15) is 6.10 Å². The molecular formula is C31H43N3O8. The zero-order valence-corrected chi connectivity index (χ0v) is 25.1. The summed E-state index contributed by atoms with van der Waals surface area (Å²) in [5.74, 6) is -2.14. The molecule has 6 atom stereocenters. The average molecular weight is 586 g/mol. The third kappa shape index (κ3) is 9.10. The van der Waals surface area contributed by atoms with E-state index >= 15 is 0 Å². The van der Waals surface area contributed by atoms with E-state index in [9.17, 15) is 24.3 Å². The summed E-state index contributed by atoms with van der Waals surface area (Å²) in [6.07, 6.45) is 5.34. The molecule has 0 aromatic carbocycles. The fraction of sp³-hybridized carbons (Fsp3) is 0.484. The number of hydrogen-bond donors (Lipinski definition) is 4. The first-order chi connectivity index (χ1) is 19.8. The Morgan fingerprint density at radius 2 is 1.90 bits per heavy atom. The number of aliphatic hydroxyl groups excluding tert-OH is 1.